The third-order valence-electron chi connectivity index (χ3n) is 5.36. The van der Waals surface area contributed by atoms with E-state index in [9.17, 15) is 18.3 Å². The molecule has 164 valence electrons. The van der Waals surface area contributed by atoms with E-state index in [1.807, 2.05) is 6.92 Å². The molecule has 0 saturated carbocycles. The van der Waals surface area contributed by atoms with Crippen molar-refractivity contribution in [2.24, 2.45) is 0 Å². The molecule has 0 unspecified atom stereocenters. The highest BCUT2D eigenvalue weighted by Crippen LogP contribution is 2.43. The van der Waals surface area contributed by atoms with Crippen molar-refractivity contribution >= 4 is 38.9 Å². The number of hydrogen-bond acceptors (Lipinski definition) is 4. The molecule has 0 fully saturated rings. The molecule has 1 aliphatic heterocycles. The zero-order valence-corrected chi connectivity index (χ0v) is 19.3. The summed E-state index contributed by atoms with van der Waals surface area (Å²) in [5.41, 5.74) is 2.02. The zero-order valence-electron chi connectivity index (χ0n) is 17.0. The third kappa shape index (κ3) is 4.01. The van der Waals surface area contributed by atoms with Crippen LogP contribution in [0.15, 0.2) is 88.4 Å². The molecule has 5 nitrogen and oxygen atoms in total. The lowest BCUT2D eigenvalue weighted by atomic mass is 10.1. The number of sulfone groups is 1. The van der Waals surface area contributed by atoms with Crippen molar-refractivity contribution in [1.29, 1.82) is 0 Å². The lowest BCUT2D eigenvalue weighted by Crippen LogP contribution is -2.30. The largest absolute Gasteiger partial charge is 0.502 e. The molecule has 1 heterocycles. The van der Waals surface area contributed by atoms with Crippen LogP contribution in [0.2, 0.25) is 10.0 Å². The van der Waals surface area contributed by atoms with E-state index in [0.717, 1.165) is 5.56 Å². The Morgan fingerprint density at radius 3 is 2.19 bits per heavy atom. The third-order valence-corrected chi connectivity index (χ3v) is 7.87. The molecule has 0 saturated heterocycles. The van der Waals surface area contributed by atoms with Crippen LogP contribution in [0.4, 0.5) is 0 Å². The lowest BCUT2D eigenvalue weighted by Gasteiger charge is -2.27. The maximum atomic E-state index is 13.6. The van der Waals surface area contributed by atoms with Gasteiger partial charge in [0, 0.05) is 16.6 Å². The summed E-state index contributed by atoms with van der Waals surface area (Å²) >= 11 is 12.3. The molecule has 3 aromatic rings. The van der Waals surface area contributed by atoms with Crippen molar-refractivity contribution < 1.29 is 18.3 Å². The minimum Gasteiger partial charge on any atom is -0.502 e. The van der Waals surface area contributed by atoms with Crippen molar-refractivity contribution in [1.82, 2.24) is 4.90 Å². The monoisotopic (exact) mass is 487 g/mol. The maximum Gasteiger partial charge on any atom is 0.290 e. The first-order valence-electron chi connectivity index (χ1n) is 9.75. The second-order valence-corrected chi connectivity index (χ2v) is 10.3. The summed E-state index contributed by atoms with van der Waals surface area (Å²) in [6.45, 7) is 1.86. The summed E-state index contributed by atoms with van der Waals surface area (Å²) < 4.78 is 27.1. The smallest absolute Gasteiger partial charge is 0.290 e. The first-order valence-corrected chi connectivity index (χ1v) is 12.0. The second-order valence-electron chi connectivity index (χ2n) is 7.51. The Morgan fingerprint density at radius 2 is 1.56 bits per heavy atom. The van der Waals surface area contributed by atoms with E-state index in [1.54, 1.807) is 60.7 Å². The average molecular weight is 488 g/mol. The van der Waals surface area contributed by atoms with Crippen LogP contribution < -0.4 is 0 Å². The summed E-state index contributed by atoms with van der Waals surface area (Å²) in [7, 11) is -4.18. The molecular formula is C24H19Cl2NO4S. The van der Waals surface area contributed by atoms with E-state index in [4.69, 9.17) is 23.2 Å². The van der Waals surface area contributed by atoms with Gasteiger partial charge < -0.3 is 10.0 Å². The number of halogens is 2. The van der Waals surface area contributed by atoms with E-state index < -0.39 is 27.5 Å². The molecule has 32 heavy (non-hydrogen) atoms. The van der Waals surface area contributed by atoms with E-state index in [2.05, 4.69) is 0 Å². The Bertz CT molecular complexity index is 1320. The quantitative estimate of drug-likeness (QED) is 0.505. The fourth-order valence-electron chi connectivity index (χ4n) is 3.70. The number of carbonyl (C=O) groups excluding carboxylic acids is 1. The number of aliphatic hydroxyl groups excluding tert-OH is 1. The number of aryl methyl sites for hydroxylation is 1. The molecule has 0 radical (unpaired) electrons. The van der Waals surface area contributed by atoms with Gasteiger partial charge in [0.15, 0.2) is 5.76 Å². The Balaban J connectivity index is 1.87. The van der Waals surface area contributed by atoms with Crippen LogP contribution in [-0.2, 0) is 21.2 Å². The molecule has 1 amide bonds. The van der Waals surface area contributed by atoms with Gasteiger partial charge in [0.1, 0.15) is 4.91 Å². The fourth-order valence-corrected chi connectivity index (χ4v) is 5.67. The average Bonchev–Trinajstić information content (AvgIpc) is 3.02. The molecule has 3 aromatic carbocycles. The highest BCUT2D eigenvalue weighted by atomic mass is 35.5. The number of amides is 1. The lowest BCUT2D eigenvalue weighted by molar-refractivity contribution is -0.130. The van der Waals surface area contributed by atoms with E-state index in [0.29, 0.717) is 21.2 Å². The van der Waals surface area contributed by atoms with E-state index >= 15 is 0 Å². The van der Waals surface area contributed by atoms with E-state index in [1.165, 1.54) is 17.0 Å². The molecule has 0 bridgehead atoms. The highest BCUT2D eigenvalue weighted by Gasteiger charge is 2.46. The highest BCUT2D eigenvalue weighted by molar-refractivity contribution is 7.95. The summed E-state index contributed by atoms with van der Waals surface area (Å²) in [6.07, 6.45) is 0. The van der Waals surface area contributed by atoms with Gasteiger partial charge in [-0.05, 0) is 48.4 Å². The summed E-state index contributed by atoms with van der Waals surface area (Å²) in [5, 5.41) is 11.7. The van der Waals surface area contributed by atoms with Gasteiger partial charge in [-0.25, -0.2) is 8.42 Å². The molecule has 1 aliphatic rings. The van der Waals surface area contributed by atoms with Crippen LogP contribution in [0.25, 0.3) is 0 Å². The normalized spacial score (nSPS) is 16.7. The summed E-state index contributed by atoms with van der Waals surface area (Å²) in [6, 6.07) is 18.7. The molecule has 4 rings (SSSR count). The van der Waals surface area contributed by atoms with Crippen LogP contribution in [-0.4, -0.2) is 24.3 Å². The van der Waals surface area contributed by atoms with Gasteiger partial charge in [-0.15, -0.1) is 0 Å². The molecule has 1 N–H and O–H groups in total. The summed E-state index contributed by atoms with van der Waals surface area (Å²) in [5.74, 6) is -1.58. The number of carbonyl (C=O) groups is 1. The van der Waals surface area contributed by atoms with Gasteiger partial charge in [-0.2, -0.15) is 0 Å². The zero-order chi connectivity index (χ0) is 23.0. The Hall–Kier alpha value is -2.80. The molecule has 0 aliphatic carbocycles. The molecule has 0 spiro atoms. The predicted molar refractivity (Wildman–Crippen MR) is 124 cm³/mol. The number of rotatable bonds is 5. The minimum absolute atomic E-state index is 0.00370. The first kappa shape index (κ1) is 22.4. The van der Waals surface area contributed by atoms with Gasteiger partial charge in [0.05, 0.1) is 10.9 Å². The van der Waals surface area contributed by atoms with Crippen molar-refractivity contribution in [3.05, 3.63) is 110 Å². The maximum absolute atomic E-state index is 13.6. The Morgan fingerprint density at radius 1 is 0.938 bits per heavy atom. The predicted octanol–water partition coefficient (Wildman–Crippen LogP) is 5.63. The molecular weight excluding hydrogens is 469 g/mol. The van der Waals surface area contributed by atoms with Crippen molar-refractivity contribution in [3.63, 3.8) is 0 Å². The molecule has 1 atom stereocenters. The van der Waals surface area contributed by atoms with Crippen LogP contribution in [0.5, 0.6) is 0 Å². The van der Waals surface area contributed by atoms with Crippen LogP contribution in [0.1, 0.15) is 22.7 Å². The topological polar surface area (TPSA) is 74.7 Å². The van der Waals surface area contributed by atoms with Crippen molar-refractivity contribution in [2.45, 2.75) is 24.4 Å². The fraction of sp³-hybridized carbons (Fsp3) is 0.125. The van der Waals surface area contributed by atoms with Gasteiger partial charge in [-0.3, -0.25) is 4.79 Å². The van der Waals surface area contributed by atoms with Crippen LogP contribution in [0.3, 0.4) is 0 Å². The standard InChI is InChI=1S/C24H19Cl2NO4S/c1-15-6-12-19(13-7-15)32(30,31)23-21(16-8-10-18(25)11-9-16)27(24(29)22(23)28)14-17-4-2-3-5-20(17)26/h2-13,21,28H,14H2,1H3/t21-/m1/s1. The Kier molecular flexibility index (Phi) is 6.03. The van der Waals surface area contributed by atoms with Crippen LogP contribution in [0, 0.1) is 6.92 Å². The number of hydrogen-bond donors (Lipinski definition) is 1. The SMILES string of the molecule is Cc1ccc(S(=O)(=O)C2=C(O)C(=O)N(Cc3ccccc3Cl)[C@@H]2c2ccc(Cl)cc2)cc1. The number of aliphatic hydroxyl groups is 1. The van der Waals surface area contributed by atoms with Crippen molar-refractivity contribution in [2.75, 3.05) is 0 Å². The van der Waals surface area contributed by atoms with Crippen molar-refractivity contribution in [3.8, 4) is 0 Å². The first-order chi connectivity index (χ1) is 15.2. The minimum atomic E-state index is -4.18. The number of nitrogens with zero attached hydrogens (tertiary/aromatic N) is 1. The number of benzene rings is 3. The molecule has 8 heteroatoms. The van der Waals surface area contributed by atoms with E-state index in [-0.39, 0.29) is 16.3 Å². The summed E-state index contributed by atoms with van der Waals surface area (Å²) in [4.78, 5) is 14.0. The van der Waals surface area contributed by atoms with Crippen LogP contribution >= 0.6 is 23.2 Å². The van der Waals surface area contributed by atoms with Gasteiger partial charge in [0.2, 0.25) is 9.84 Å². The van der Waals surface area contributed by atoms with Gasteiger partial charge in [-0.1, -0.05) is 71.2 Å². The van der Waals surface area contributed by atoms with Gasteiger partial charge >= 0.3 is 0 Å². The second kappa shape index (κ2) is 8.62. The Labute approximate surface area is 196 Å². The molecule has 0 aromatic heterocycles. The van der Waals surface area contributed by atoms with Gasteiger partial charge in [0.25, 0.3) is 5.91 Å².